The van der Waals surface area contributed by atoms with Gasteiger partial charge in [0.15, 0.2) is 0 Å². The maximum Gasteiger partial charge on any atom is 0.220 e. The molecular weight excluding hydrogens is 245 g/mol. The number of amides is 1. The van der Waals surface area contributed by atoms with Crippen LogP contribution in [0.15, 0.2) is 18.2 Å². The third kappa shape index (κ3) is 3.75. The molecule has 5 heteroatoms. The number of carbonyl (C=O) groups excluding carboxylic acids is 1. The number of carbonyl (C=O) groups is 1. The Morgan fingerprint density at radius 2 is 1.89 bits per heavy atom. The Kier molecular flexibility index (Phi) is 4.50. The normalized spacial score (nSPS) is 17.6. The van der Waals surface area contributed by atoms with Gasteiger partial charge in [0.25, 0.3) is 0 Å². The molecule has 2 rings (SSSR count). The van der Waals surface area contributed by atoms with E-state index in [1.807, 2.05) is 6.07 Å². The van der Waals surface area contributed by atoms with Gasteiger partial charge in [-0.3, -0.25) is 9.69 Å². The summed E-state index contributed by atoms with van der Waals surface area (Å²) in [6.45, 7) is 2.68. The predicted octanol–water partition coefficient (Wildman–Crippen LogP) is 0.982. The molecule has 1 amide bonds. The minimum Gasteiger partial charge on any atom is -0.369 e. The van der Waals surface area contributed by atoms with Crippen molar-refractivity contribution in [2.75, 3.05) is 13.1 Å². The monoisotopic (exact) mass is 265 g/mol. The van der Waals surface area contributed by atoms with Gasteiger partial charge in [0, 0.05) is 19.0 Å². The van der Waals surface area contributed by atoms with Crippen molar-refractivity contribution in [3.8, 4) is 0 Å². The number of nitrogens with two attached hydrogens (primary N) is 2. The molecule has 0 unspecified atom stereocenters. The molecule has 1 aromatic carbocycles. The van der Waals surface area contributed by atoms with Crippen LogP contribution in [0.3, 0.4) is 0 Å². The quantitative estimate of drug-likeness (QED) is 0.852. The number of rotatable bonds is 4. The van der Waals surface area contributed by atoms with Crippen LogP contribution in [0.5, 0.6) is 0 Å². The molecular formula is C14H20FN3O. The smallest absolute Gasteiger partial charge is 0.220 e. The first-order valence-corrected chi connectivity index (χ1v) is 6.58. The molecule has 19 heavy (non-hydrogen) atoms. The van der Waals surface area contributed by atoms with Gasteiger partial charge in [-0.05, 0) is 49.2 Å². The molecule has 0 bridgehead atoms. The summed E-state index contributed by atoms with van der Waals surface area (Å²) in [6.07, 6.45) is 1.57. The van der Waals surface area contributed by atoms with Crippen LogP contribution in [0.25, 0.3) is 0 Å². The number of likely N-dealkylation sites (tertiary alicyclic amines) is 1. The van der Waals surface area contributed by atoms with E-state index in [4.69, 9.17) is 11.5 Å². The van der Waals surface area contributed by atoms with Crippen LogP contribution >= 0.6 is 0 Å². The molecule has 0 saturated carbocycles. The summed E-state index contributed by atoms with van der Waals surface area (Å²) in [5.41, 5.74) is 12.6. The third-order valence-corrected chi connectivity index (χ3v) is 3.65. The molecule has 1 saturated heterocycles. The van der Waals surface area contributed by atoms with Crippen LogP contribution in [0.2, 0.25) is 0 Å². The molecule has 0 spiro atoms. The molecule has 4 nitrogen and oxygen atoms in total. The summed E-state index contributed by atoms with van der Waals surface area (Å²) in [5, 5.41) is 0. The molecule has 0 aliphatic carbocycles. The van der Waals surface area contributed by atoms with Crippen LogP contribution in [0.1, 0.15) is 24.0 Å². The van der Waals surface area contributed by atoms with Crippen molar-refractivity contribution in [1.82, 2.24) is 4.90 Å². The molecule has 1 fully saturated rings. The molecule has 1 aromatic rings. The Bertz CT molecular complexity index is 456. The number of primary amides is 1. The molecule has 1 heterocycles. The first kappa shape index (κ1) is 14.0. The van der Waals surface area contributed by atoms with E-state index in [2.05, 4.69) is 4.90 Å². The van der Waals surface area contributed by atoms with Gasteiger partial charge in [-0.1, -0.05) is 6.07 Å². The SMILES string of the molecule is NCc1cc(F)cc(CN2CCC(C(N)=O)CC2)c1. The second-order valence-corrected chi connectivity index (χ2v) is 5.12. The van der Waals surface area contributed by atoms with Crippen LogP contribution in [0.4, 0.5) is 4.39 Å². The summed E-state index contributed by atoms with van der Waals surface area (Å²) in [7, 11) is 0. The van der Waals surface area contributed by atoms with Crippen LogP contribution in [-0.2, 0) is 17.9 Å². The van der Waals surface area contributed by atoms with E-state index in [1.165, 1.54) is 6.07 Å². The van der Waals surface area contributed by atoms with Crippen molar-refractivity contribution in [3.63, 3.8) is 0 Å². The van der Waals surface area contributed by atoms with E-state index >= 15 is 0 Å². The number of hydrogen-bond acceptors (Lipinski definition) is 3. The highest BCUT2D eigenvalue weighted by Gasteiger charge is 2.23. The average molecular weight is 265 g/mol. The Morgan fingerprint density at radius 3 is 2.47 bits per heavy atom. The van der Waals surface area contributed by atoms with E-state index in [1.54, 1.807) is 6.07 Å². The van der Waals surface area contributed by atoms with Crippen molar-refractivity contribution in [1.29, 1.82) is 0 Å². The fourth-order valence-electron chi connectivity index (χ4n) is 2.56. The maximum atomic E-state index is 13.4. The van der Waals surface area contributed by atoms with Gasteiger partial charge < -0.3 is 11.5 Å². The largest absolute Gasteiger partial charge is 0.369 e. The Balaban J connectivity index is 1.95. The zero-order valence-electron chi connectivity index (χ0n) is 10.9. The molecule has 0 radical (unpaired) electrons. The minimum absolute atomic E-state index is 0.0108. The Morgan fingerprint density at radius 1 is 1.26 bits per heavy atom. The second kappa shape index (κ2) is 6.12. The van der Waals surface area contributed by atoms with Crippen molar-refractivity contribution < 1.29 is 9.18 Å². The molecule has 0 aromatic heterocycles. The van der Waals surface area contributed by atoms with Gasteiger partial charge in [0.05, 0.1) is 0 Å². The lowest BCUT2D eigenvalue weighted by molar-refractivity contribution is -0.123. The summed E-state index contributed by atoms with van der Waals surface area (Å²) in [6, 6.07) is 4.94. The van der Waals surface area contributed by atoms with E-state index < -0.39 is 0 Å². The Labute approximate surface area is 112 Å². The van der Waals surface area contributed by atoms with Crippen molar-refractivity contribution in [2.24, 2.45) is 17.4 Å². The maximum absolute atomic E-state index is 13.4. The summed E-state index contributed by atoms with van der Waals surface area (Å²) < 4.78 is 13.4. The number of halogens is 1. The molecule has 1 aliphatic rings. The molecule has 0 atom stereocenters. The highest BCUT2D eigenvalue weighted by atomic mass is 19.1. The Hall–Kier alpha value is -1.46. The average Bonchev–Trinajstić information content (AvgIpc) is 2.38. The summed E-state index contributed by atoms with van der Waals surface area (Å²) in [4.78, 5) is 13.3. The van der Waals surface area contributed by atoms with E-state index in [9.17, 15) is 9.18 Å². The lowest BCUT2D eigenvalue weighted by atomic mass is 9.96. The first-order valence-electron chi connectivity index (χ1n) is 6.58. The number of piperidine rings is 1. The molecule has 1 aliphatic heterocycles. The number of hydrogen-bond donors (Lipinski definition) is 2. The fourth-order valence-corrected chi connectivity index (χ4v) is 2.56. The molecule has 4 N–H and O–H groups in total. The van der Waals surface area contributed by atoms with Gasteiger partial charge in [-0.25, -0.2) is 4.39 Å². The van der Waals surface area contributed by atoms with E-state index in [0.29, 0.717) is 13.1 Å². The van der Waals surface area contributed by atoms with Crippen molar-refractivity contribution in [3.05, 3.63) is 35.1 Å². The van der Waals surface area contributed by atoms with Crippen LogP contribution < -0.4 is 11.5 Å². The van der Waals surface area contributed by atoms with Gasteiger partial charge in [0.1, 0.15) is 5.82 Å². The second-order valence-electron chi connectivity index (χ2n) is 5.12. The molecule has 104 valence electrons. The zero-order valence-corrected chi connectivity index (χ0v) is 10.9. The highest BCUT2D eigenvalue weighted by molar-refractivity contribution is 5.76. The van der Waals surface area contributed by atoms with Crippen molar-refractivity contribution in [2.45, 2.75) is 25.9 Å². The van der Waals surface area contributed by atoms with Crippen LogP contribution in [-0.4, -0.2) is 23.9 Å². The van der Waals surface area contributed by atoms with Gasteiger partial charge in [-0.15, -0.1) is 0 Å². The minimum atomic E-state index is -0.245. The lowest BCUT2D eigenvalue weighted by Gasteiger charge is -2.30. The zero-order chi connectivity index (χ0) is 13.8. The van der Waals surface area contributed by atoms with Gasteiger partial charge >= 0.3 is 0 Å². The number of benzene rings is 1. The van der Waals surface area contributed by atoms with Crippen molar-refractivity contribution >= 4 is 5.91 Å². The van der Waals surface area contributed by atoms with Crippen LogP contribution in [0, 0.1) is 11.7 Å². The first-order chi connectivity index (χ1) is 9.08. The summed E-state index contributed by atoms with van der Waals surface area (Å²) in [5.74, 6) is -0.468. The van der Waals surface area contributed by atoms with E-state index in [0.717, 1.165) is 37.1 Å². The standard InChI is InChI=1S/C14H20FN3O/c15-13-6-10(8-16)5-11(7-13)9-18-3-1-12(2-4-18)14(17)19/h5-7,12H,1-4,8-9,16H2,(H2,17,19). The fraction of sp³-hybridized carbons (Fsp3) is 0.500. The summed E-state index contributed by atoms with van der Waals surface area (Å²) >= 11 is 0. The predicted molar refractivity (Wildman–Crippen MR) is 71.5 cm³/mol. The lowest BCUT2D eigenvalue weighted by Crippen LogP contribution is -2.38. The topological polar surface area (TPSA) is 72.3 Å². The highest BCUT2D eigenvalue weighted by Crippen LogP contribution is 2.19. The number of nitrogens with zero attached hydrogens (tertiary/aromatic N) is 1. The van der Waals surface area contributed by atoms with Gasteiger partial charge in [-0.2, -0.15) is 0 Å². The van der Waals surface area contributed by atoms with E-state index in [-0.39, 0.29) is 17.6 Å². The van der Waals surface area contributed by atoms with Gasteiger partial charge in [0.2, 0.25) is 5.91 Å². The third-order valence-electron chi connectivity index (χ3n) is 3.65.